The lowest BCUT2D eigenvalue weighted by Gasteiger charge is -2.30. The monoisotopic (exact) mass is 420 g/mol. The smallest absolute Gasteiger partial charge is 0.368 e. The fraction of sp³-hybridized carbons (Fsp3) is 0.450. The molecular weight excluding hydrogens is 397 g/mol. The fourth-order valence-electron chi connectivity index (χ4n) is 3.78. The molecule has 1 saturated carbocycles. The zero-order chi connectivity index (χ0) is 21.3. The molecule has 30 heavy (non-hydrogen) atoms. The molecule has 4 rings (SSSR count). The lowest BCUT2D eigenvalue weighted by Crippen LogP contribution is -2.40. The number of alkyl halides is 3. The second kappa shape index (κ2) is 8.00. The molecule has 0 unspecified atom stereocenters. The molecule has 1 aliphatic rings. The van der Waals surface area contributed by atoms with Crippen molar-refractivity contribution in [2.24, 2.45) is 0 Å². The second-order valence-corrected chi connectivity index (χ2v) is 7.51. The number of anilines is 1. The van der Waals surface area contributed by atoms with Crippen LogP contribution in [0.15, 0.2) is 36.8 Å². The number of amides is 1. The lowest BCUT2D eigenvalue weighted by molar-refractivity contribution is -0.140. The van der Waals surface area contributed by atoms with Crippen molar-refractivity contribution in [3.8, 4) is 0 Å². The summed E-state index contributed by atoms with van der Waals surface area (Å²) in [7, 11) is 0. The maximum atomic E-state index is 13.0. The van der Waals surface area contributed by atoms with Gasteiger partial charge in [-0.1, -0.05) is 6.07 Å². The molecule has 1 fully saturated rings. The van der Waals surface area contributed by atoms with Crippen molar-refractivity contribution in [1.29, 1.82) is 0 Å². The van der Waals surface area contributed by atoms with Crippen molar-refractivity contribution in [3.63, 3.8) is 0 Å². The normalized spacial score (nSPS) is 19.7. The molecule has 0 atom stereocenters. The van der Waals surface area contributed by atoms with E-state index >= 15 is 0 Å². The van der Waals surface area contributed by atoms with Gasteiger partial charge in [0.25, 0.3) is 5.91 Å². The number of aromatic nitrogens is 4. The Labute approximate surface area is 171 Å². The third kappa shape index (κ3) is 4.27. The first-order chi connectivity index (χ1) is 14.3. The summed E-state index contributed by atoms with van der Waals surface area (Å²) >= 11 is 0. The summed E-state index contributed by atoms with van der Waals surface area (Å²) in [6.45, 7) is 2.66. The van der Waals surface area contributed by atoms with Gasteiger partial charge in [-0.2, -0.15) is 18.3 Å². The average Bonchev–Trinajstić information content (AvgIpc) is 3.37. The van der Waals surface area contributed by atoms with Gasteiger partial charge in [0.2, 0.25) is 0 Å². The van der Waals surface area contributed by atoms with E-state index in [9.17, 15) is 18.0 Å². The Morgan fingerprint density at radius 1 is 1.17 bits per heavy atom. The molecule has 3 aromatic rings. The minimum Gasteiger partial charge on any atom is -0.368 e. The van der Waals surface area contributed by atoms with Gasteiger partial charge in [0.05, 0.1) is 11.8 Å². The van der Waals surface area contributed by atoms with E-state index in [2.05, 4.69) is 20.7 Å². The Bertz CT molecular complexity index is 1030. The van der Waals surface area contributed by atoms with Gasteiger partial charge in [-0.25, -0.2) is 4.98 Å². The van der Waals surface area contributed by atoms with Crippen LogP contribution in [0.4, 0.5) is 19.0 Å². The number of carbonyl (C=O) groups is 1. The van der Waals surface area contributed by atoms with E-state index in [0.717, 1.165) is 31.9 Å². The lowest BCUT2D eigenvalue weighted by atomic mass is 9.91. The number of hydrogen-bond acceptors (Lipinski definition) is 4. The molecule has 3 heterocycles. The molecule has 160 valence electrons. The Hall–Kier alpha value is -3.04. The first kappa shape index (κ1) is 20.2. The maximum Gasteiger partial charge on any atom is 0.434 e. The third-order valence-corrected chi connectivity index (χ3v) is 5.42. The van der Waals surface area contributed by atoms with Crippen molar-refractivity contribution < 1.29 is 18.0 Å². The number of rotatable bonds is 5. The van der Waals surface area contributed by atoms with Crippen LogP contribution in [0.2, 0.25) is 0 Å². The quantitative estimate of drug-likeness (QED) is 0.660. The summed E-state index contributed by atoms with van der Waals surface area (Å²) in [6.07, 6.45) is 3.01. The molecule has 0 aliphatic heterocycles. The van der Waals surface area contributed by atoms with Gasteiger partial charge < -0.3 is 10.6 Å². The fourth-order valence-corrected chi connectivity index (χ4v) is 3.78. The molecule has 0 spiro atoms. The molecule has 0 aromatic carbocycles. The number of fused-ring (bicyclic) bond motifs is 1. The van der Waals surface area contributed by atoms with Gasteiger partial charge >= 0.3 is 6.18 Å². The maximum absolute atomic E-state index is 13.0. The van der Waals surface area contributed by atoms with Crippen LogP contribution in [0.5, 0.6) is 0 Å². The average molecular weight is 420 g/mol. The topological polar surface area (TPSA) is 76.2 Å². The minimum absolute atomic E-state index is 0.0707. The van der Waals surface area contributed by atoms with Gasteiger partial charge in [0.15, 0.2) is 5.69 Å². The van der Waals surface area contributed by atoms with E-state index in [1.54, 1.807) is 35.3 Å². The summed E-state index contributed by atoms with van der Waals surface area (Å²) in [4.78, 5) is 16.0. The standard InChI is InChI=1S/C20H23F3N6O/c1-2-28-11-13(10-24-28)19(30)26-15-8-6-14(7-9-15)25-17-4-3-5-18-27-16(12-29(17)18)20(21,22)23/h3-5,10-12,14-15,25H,2,6-9H2,1H3,(H,26,30). The predicted octanol–water partition coefficient (Wildman–Crippen LogP) is 3.72. The third-order valence-electron chi connectivity index (χ3n) is 5.42. The van der Waals surface area contributed by atoms with E-state index in [1.165, 1.54) is 4.40 Å². The number of halogens is 3. The van der Waals surface area contributed by atoms with Gasteiger partial charge in [-0.15, -0.1) is 0 Å². The highest BCUT2D eigenvalue weighted by Gasteiger charge is 2.34. The number of nitrogens with zero attached hydrogens (tertiary/aromatic N) is 4. The second-order valence-electron chi connectivity index (χ2n) is 7.51. The van der Waals surface area contributed by atoms with Crippen molar-refractivity contribution in [1.82, 2.24) is 24.5 Å². The zero-order valence-electron chi connectivity index (χ0n) is 16.5. The van der Waals surface area contributed by atoms with E-state index in [0.29, 0.717) is 17.9 Å². The van der Waals surface area contributed by atoms with Gasteiger partial charge in [0, 0.05) is 31.0 Å². The highest BCUT2D eigenvalue weighted by atomic mass is 19.4. The van der Waals surface area contributed by atoms with E-state index < -0.39 is 11.9 Å². The van der Waals surface area contributed by atoms with Crippen molar-refractivity contribution in [3.05, 3.63) is 48.0 Å². The molecule has 0 radical (unpaired) electrons. The van der Waals surface area contributed by atoms with Crippen LogP contribution in [0.3, 0.4) is 0 Å². The molecule has 1 amide bonds. The van der Waals surface area contributed by atoms with Crippen LogP contribution in [-0.2, 0) is 12.7 Å². The summed E-state index contributed by atoms with van der Waals surface area (Å²) in [5.74, 6) is 0.448. The SMILES string of the molecule is CCn1cc(C(=O)NC2CCC(Nc3cccc4nc(C(F)(F)F)cn34)CC2)cn1. The number of hydrogen-bond donors (Lipinski definition) is 2. The molecule has 2 N–H and O–H groups in total. The summed E-state index contributed by atoms with van der Waals surface area (Å²) in [5.41, 5.74) is -0.111. The minimum atomic E-state index is -4.48. The zero-order valence-corrected chi connectivity index (χ0v) is 16.5. The predicted molar refractivity (Wildman–Crippen MR) is 105 cm³/mol. The number of imidazole rings is 1. The largest absolute Gasteiger partial charge is 0.434 e. The molecule has 1 aliphatic carbocycles. The number of pyridine rings is 1. The number of aryl methyl sites for hydroxylation is 1. The van der Waals surface area contributed by atoms with Crippen molar-refractivity contribution >= 4 is 17.4 Å². The Kier molecular flexibility index (Phi) is 5.40. The Morgan fingerprint density at radius 2 is 1.90 bits per heavy atom. The van der Waals surface area contributed by atoms with E-state index in [4.69, 9.17) is 0 Å². The number of carbonyl (C=O) groups excluding carboxylic acids is 1. The molecule has 3 aromatic heterocycles. The highest BCUT2D eigenvalue weighted by molar-refractivity contribution is 5.93. The van der Waals surface area contributed by atoms with E-state index in [-0.39, 0.29) is 23.6 Å². The molecule has 0 bridgehead atoms. The van der Waals surface area contributed by atoms with Crippen LogP contribution in [-0.4, -0.2) is 37.2 Å². The van der Waals surface area contributed by atoms with Crippen LogP contribution < -0.4 is 10.6 Å². The Balaban J connectivity index is 1.36. The Morgan fingerprint density at radius 3 is 2.57 bits per heavy atom. The highest BCUT2D eigenvalue weighted by Crippen LogP contribution is 2.30. The molecule has 7 nitrogen and oxygen atoms in total. The van der Waals surface area contributed by atoms with Crippen molar-refractivity contribution in [2.45, 2.75) is 57.4 Å². The van der Waals surface area contributed by atoms with Gasteiger partial charge in [-0.3, -0.25) is 13.9 Å². The van der Waals surface area contributed by atoms with Gasteiger partial charge in [-0.05, 0) is 44.7 Å². The van der Waals surface area contributed by atoms with Crippen LogP contribution in [0, 0.1) is 0 Å². The van der Waals surface area contributed by atoms with Crippen LogP contribution in [0.1, 0.15) is 48.7 Å². The number of nitrogens with one attached hydrogen (secondary N) is 2. The summed E-state index contributed by atoms with van der Waals surface area (Å²) < 4.78 is 42.1. The molecular formula is C20H23F3N6O. The van der Waals surface area contributed by atoms with Gasteiger partial charge in [0.1, 0.15) is 11.5 Å². The molecule has 0 saturated heterocycles. The van der Waals surface area contributed by atoms with Crippen LogP contribution >= 0.6 is 0 Å². The molecule has 10 heteroatoms. The van der Waals surface area contributed by atoms with Crippen LogP contribution in [0.25, 0.3) is 5.65 Å². The van der Waals surface area contributed by atoms with Crippen molar-refractivity contribution in [2.75, 3.05) is 5.32 Å². The summed E-state index contributed by atoms with van der Waals surface area (Å²) in [6, 6.07) is 5.17. The first-order valence-corrected chi connectivity index (χ1v) is 9.98. The summed E-state index contributed by atoms with van der Waals surface area (Å²) in [5, 5.41) is 10.5. The first-order valence-electron chi connectivity index (χ1n) is 9.98. The van der Waals surface area contributed by atoms with E-state index in [1.807, 2.05) is 6.92 Å².